The molecule has 0 amide bonds. The molecule has 0 aliphatic carbocycles. The summed E-state index contributed by atoms with van der Waals surface area (Å²) in [6, 6.07) is 13.5. The fraction of sp³-hybridized carbons (Fsp3) is 0.407. The molecule has 1 fully saturated rings. The molecule has 3 aromatic rings. The van der Waals surface area contributed by atoms with E-state index in [9.17, 15) is 9.59 Å². The number of Topliss-reactive ketones (excluding diaryl/α,β-unsaturated/α-hetero) is 1. The van der Waals surface area contributed by atoms with Crippen molar-refractivity contribution < 1.29 is 13.9 Å². The van der Waals surface area contributed by atoms with Crippen molar-refractivity contribution in [2.24, 2.45) is 0 Å². The van der Waals surface area contributed by atoms with Gasteiger partial charge < -0.3 is 19.0 Å². The quantitative estimate of drug-likeness (QED) is 0.509. The molecule has 174 valence electrons. The van der Waals surface area contributed by atoms with Gasteiger partial charge in [0.15, 0.2) is 0 Å². The van der Waals surface area contributed by atoms with Crippen LogP contribution < -0.4 is 15.3 Å². The number of ketones is 1. The van der Waals surface area contributed by atoms with Gasteiger partial charge in [-0.1, -0.05) is 12.1 Å². The number of carbonyl (C=O) groups is 1. The summed E-state index contributed by atoms with van der Waals surface area (Å²) in [5, 5.41) is 0.806. The van der Waals surface area contributed by atoms with E-state index in [1.54, 1.807) is 6.07 Å². The molecule has 0 N–H and O–H groups in total. The van der Waals surface area contributed by atoms with Gasteiger partial charge in [0.25, 0.3) is 0 Å². The molecule has 1 saturated heterocycles. The minimum absolute atomic E-state index is 0.0156. The lowest BCUT2D eigenvalue weighted by atomic mass is 10.0. The van der Waals surface area contributed by atoms with Crippen LogP contribution in [0.1, 0.15) is 29.5 Å². The van der Waals surface area contributed by atoms with E-state index in [-0.39, 0.29) is 24.7 Å². The van der Waals surface area contributed by atoms with Gasteiger partial charge in [0.2, 0.25) is 0 Å². The van der Waals surface area contributed by atoms with Crippen molar-refractivity contribution in [2.45, 2.75) is 38.7 Å². The maximum Gasteiger partial charge on any atom is 0.339 e. The molecular formula is C27H32N2O4. The third-order valence-electron chi connectivity index (χ3n) is 6.37. The molecule has 1 aliphatic rings. The molecular weight excluding hydrogens is 416 g/mol. The molecule has 0 bridgehead atoms. The van der Waals surface area contributed by atoms with E-state index in [2.05, 4.69) is 11.9 Å². The monoisotopic (exact) mass is 448 g/mol. The Kier molecular flexibility index (Phi) is 6.84. The number of hydrogen-bond acceptors (Lipinski definition) is 6. The minimum atomic E-state index is -0.460. The molecule has 0 spiro atoms. The van der Waals surface area contributed by atoms with Crippen molar-refractivity contribution in [1.82, 2.24) is 4.90 Å². The van der Waals surface area contributed by atoms with Crippen LogP contribution in [0.2, 0.25) is 0 Å². The number of benzene rings is 2. The fourth-order valence-corrected chi connectivity index (χ4v) is 4.30. The first kappa shape index (κ1) is 23.1. The van der Waals surface area contributed by atoms with Gasteiger partial charge in [-0.25, -0.2) is 4.79 Å². The molecule has 1 aromatic heterocycles. The summed E-state index contributed by atoms with van der Waals surface area (Å²) in [5.74, 6) is 0.739. The van der Waals surface area contributed by atoms with Crippen LogP contribution in [0.5, 0.6) is 5.75 Å². The second-order valence-corrected chi connectivity index (χ2v) is 9.24. The van der Waals surface area contributed by atoms with Gasteiger partial charge in [0.05, 0.1) is 0 Å². The van der Waals surface area contributed by atoms with Crippen molar-refractivity contribution in [3.63, 3.8) is 0 Å². The van der Waals surface area contributed by atoms with E-state index in [0.717, 1.165) is 53.9 Å². The Bertz CT molecular complexity index is 1190. The van der Waals surface area contributed by atoms with E-state index in [0.29, 0.717) is 11.1 Å². The standard InChI is InChI=1S/C27H32N2O4/c1-18-25(32-24-11-13-29(4)14-12-24)10-7-20-16-21(27(31)33-26(18)20)17-23(30)15-19-5-8-22(9-6-19)28(2)3/h5-10,16,24H,11-15,17H2,1-4H3. The highest BCUT2D eigenvalue weighted by atomic mass is 16.5. The minimum Gasteiger partial charge on any atom is -0.490 e. The van der Waals surface area contributed by atoms with Crippen molar-refractivity contribution in [3.8, 4) is 5.75 Å². The molecule has 0 atom stereocenters. The van der Waals surface area contributed by atoms with E-state index < -0.39 is 5.63 Å². The number of carbonyl (C=O) groups excluding carboxylic acids is 1. The zero-order valence-electron chi connectivity index (χ0n) is 19.9. The lowest BCUT2D eigenvalue weighted by Gasteiger charge is -2.29. The summed E-state index contributed by atoms with van der Waals surface area (Å²) >= 11 is 0. The topological polar surface area (TPSA) is 63.0 Å². The van der Waals surface area contributed by atoms with Crippen LogP contribution in [0.25, 0.3) is 11.0 Å². The lowest BCUT2D eigenvalue weighted by Crippen LogP contribution is -2.35. The molecule has 0 radical (unpaired) electrons. The number of aryl methyl sites for hydroxylation is 1. The van der Waals surface area contributed by atoms with Crippen LogP contribution in [-0.4, -0.2) is 51.0 Å². The van der Waals surface area contributed by atoms with Crippen LogP contribution >= 0.6 is 0 Å². The molecule has 2 aromatic carbocycles. The summed E-state index contributed by atoms with van der Waals surface area (Å²) in [7, 11) is 6.07. The zero-order valence-corrected chi connectivity index (χ0v) is 19.9. The first-order valence-corrected chi connectivity index (χ1v) is 11.5. The normalized spacial score (nSPS) is 15.0. The highest BCUT2D eigenvalue weighted by Gasteiger charge is 2.20. The predicted octanol–water partition coefficient (Wildman–Crippen LogP) is 3.99. The SMILES string of the molecule is Cc1c(OC2CCN(C)CC2)ccc2cc(CC(=O)Cc3ccc(N(C)C)cc3)c(=O)oc12. The van der Waals surface area contributed by atoms with Crippen molar-refractivity contribution in [2.75, 3.05) is 39.1 Å². The largest absolute Gasteiger partial charge is 0.490 e. The van der Waals surface area contributed by atoms with Gasteiger partial charge in [-0.2, -0.15) is 0 Å². The summed E-state index contributed by atoms with van der Waals surface area (Å²) in [5.41, 5.74) is 3.29. The Balaban J connectivity index is 1.48. The van der Waals surface area contributed by atoms with Crippen LogP contribution in [0.15, 0.2) is 51.7 Å². The summed E-state index contributed by atoms with van der Waals surface area (Å²) in [6.45, 7) is 3.95. The van der Waals surface area contributed by atoms with Gasteiger partial charge in [-0.3, -0.25) is 4.79 Å². The Morgan fingerprint density at radius 2 is 1.79 bits per heavy atom. The maximum atomic E-state index is 12.7. The lowest BCUT2D eigenvalue weighted by molar-refractivity contribution is -0.117. The summed E-state index contributed by atoms with van der Waals surface area (Å²) < 4.78 is 11.9. The number of likely N-dealkylation sites (tertiary alicyclic amines) is 1. The molecule has 4 rings (SSSR count). The summed E-state index contributed by atoms with van der Waals surface area (Å²) in [4.78, 5) is 29.6. The first-order chi connectivity index (χ1) is 15.8. The van der Waals surface area contributed by atoms with Gasteiger partial charge >= 0.3 is 5.63 Å². The van der Waals surface area contributed by atoms with Gasteiger partial charge in [0, 0.05) is 62.2 Å². The van der Waals surface area contributed by atoms with Crippen LogP contribution in [-0.2, 0) is 17.6 Å². The fourth-order valence-electron chi connectivity index (χ4n) is 4.30. The van der Waals surface area contributed by atoms with Crippen LogP contribution in [0, 0.1) is 6.92 Å². The number of fused-ring (bicyclic) bond motifs is 1. The van der Waals surface area contributed by atoms with E-state index in [4.69, 9.17) is 9.15 Å². The molecule has 0 unspecified atom stereocenters. The predicted molar refractivity (Wildman–Crippen MR) is 132 cm³/mol. The van der Waals surface area contributed by atoms with E-state index >= 15 is 0 Å². The highest BCUT2D eigenvalue weighted by Crippen LogP contribution is 2.29. The second-order valence-electron chi connectivity index (χ2n) is 9.24. The zero-order chi connectivity index (χ0) is 23.5. The Morgan fingerprint density at radius 1 is 1.09 bits per heavy atom. The van der Waals surface area contributed by atoms with Crippen molar-refractivity contribution in [1.29, 1.82) is 0 Å². The third kappa shape index (κ3) is 5.45. The smallest absolute Gasteiger partial charge is 0.339 e. The Labute approximate surface area is 194 Å². The van der Waals surface area contributed by atoms with Crippen LogP contribution in [0.3, 0.4) is 0 Å². The van der Waals surface area contributed by atoms with Crippen LogP contribution in [0.4, 0.5) is 5.69 Å². The van der Waals surface area contributed by atoms with Crippen molar-refractivity contribution >= 4 is 22.4 Å². The highest BCUT2D eigenvalue weighted by molar-refractivity contribution is 5.86. The number of rotatable bonds is 7. The van der Waals surface area contributed by atoms with E-state index in [1.807, 2.05) is 62.3 Å². The first-order valence-electron chi connectivity index (χ1n) is 11.5. The number of ether oxygens (including phenoxy) is 1. The van der Waals surface area contributed by atoms with Gasteiger partial charge in [0.1, 0.15) is 23.2 Å². The number of nitrogens with zero attached hydrogens (tertiary/aromatic N) is 2. The van der Waals surface area contributed by atoms with Crippen molar-refractivity contribution in [3.05, 3.63) is 69.6 Å². The molecule has 6 heteroatoms. The number of anilines is 1. The molecule has 6 nitrogen and oxygen atoms in total. The summed E-state index contributed by atoms with van der Waals surface area (Å²) in [6.07, 6.45) is 2.48. The molecule has 33 heavy (non-hydrogen) atoms. The molecule has 1 aliphatic heterocycles. The molecule has 0 saturated carbocycles. The Hall–Kier alpha value is -3.12. The maximum absolute atomic E-state index is 12.7. The second kappa shape index (κ2) is 9.79. The number of piperidine rings is 1. The molecule has 2 heterocycles. The average molecular weight is 449 g/mol. The number of hydrogen-bond donors (Lipinski definition) is 0. The van der Waals surface area contributed by atoms with E-state index in [1.165, 1.54) is 0 Å². The Morgan fingerprint density at radius 3 is 2.45 bits per heavy atom. The third-order valence-corrected chi connectivity index (χ3v) is 6.37. The average Bonchev–Trinajstić information content (AvgIpc) is 2.78. The van der Waals surface area contributed by atoms with Gasteiger partial charge in [-0.15, -0.1) is 0 Å². The van der Waals surface area contributed by atoms with Gasteiger partial charge in [-0.05, 0) is 62.7 Å².